The second-order valence-electron chi connectivity index (χ2n) is 3.95. The molecule has 1 atom stereocenters. The molecule has 0 aliphatic carbocycles. The Hall–Kier alpha value is -1.02. The zero-order valence-electron chi connectivity index (χ0n) is 9.58. The van der Waals surface area contributed by atoms with Gasteiger partial charge in [0.1, 0.15) is 0 Å². The van der Waals surface area contributed by atoms with Gasteiger partial charge in [-0.1, -0.05) is 41.0 Å². The van der Waals surface area contributed by atoms with E-state index in [0.717, 1.165) is 15.0 Å². The molecular weight excluding hydrogens is 332 g/mol. The topological polar surface area (TPSA) is 38.9 Å². The lowest BCUT2D eigenvalue weighted by Crippen LogP contribution is -2.22. The molecular formula is C13H10BrClN2S. The van der Waals surface area contributed by atoms with Crippen LogP contribution in [0.25, 0.3) is 0 Å². The van der Waals surface area contributed by atoms with Gasteiger partial charge in [-0.2, -0.15) is 0 Å². The van der Waals surface area contributed by atoms with Crippen molar-refractivity contribution in [3.05, 3.63) is 44.3 Å². The molecule has 2 aromatic rings. The predicted molar refractivity (Wildman–Crippen MR) is 81.0 cm³/mol. The molecule has 0 bridgehead atoms. The second kappa shape index (κ2) is 4.93. The van der Waals surface area contributed by atoms with Crippen LogP contribution in [0.4, 0.5) is 5.13 Å². The first kappa shape index (κ1) is 13.4. The van der Waals surface area contributed by atoms with Gasteiger partial charge in [-0.15, -0.1) is 6.42 Å². The van der Waals surface area contributed by atoms with E-state index in [1.54, 1.807) is 0 Å². The van der Waals surface area contributed by atoms with Gasteiger partial charge in [0.05, 0.1) is 14.9 Å². The number of nitrogens with two attached hydrogens (primary N) is 1. The van der Waals surface area contributed by atoms with E-state index in [0.29, 0.717) is 10.2 Å². The monoisotopic (exact) mass is 340 g/mol. The summed E-state index contributed by atoms with van der Waals surface area (Å²) in [6.45, 7) is 1.94. The van der Waals surface area contributed by atoms with Crippen LogP contribution in [0.15, 0.2) is 28.1 Å². The van der Waals surface area contributed by atoms with Crippen LogP contribution in [0.5, 0.6) is 0 Å². The highest BCUT2D eigenvalue weighted by atomic mass is 79.9. The van der Waals surface area contributed by atoms with Crippen LogP contribution in [-0.2, 0) is 5.41 Å². The predicted octanol–water partition coefficient (Wildman–Crippen LogP) is 4.08. The third-order valence-corrected chi connectivity index (χ3v) is 4.57. The molecule has 1 aromatic heterocycles. The molecule has 2 N–H and O–H groups in total. The van der Waals surface area contributed by atoms with Crippen LogP contribution in [0.1, 0.15) is 18.2 Å². The molecule has 1 heterocycles. The summed E-state index contributed by atoms with van der Waals surface area (Å²) < 4.78 is 0.857. The maximum atomic E-state index is 5.89. The molecule has 1 aromatic carbocycles. The average molecular weight is 342 g/mol. The molecule has 0 radical (unpaired) electrons. The molecule has 0 aliphatic heterocycles. The highest BCUT2D eigenvalue weighted by Crippen LogP contribution is 2.39. The van der Waals surface area contributed by atoms with Crippen LogP contribution in [0.2, 0.25) is 5.02 Å². The molecule has 0 spiro atoms. The van der Waals surface area contributed by atoms with Gasteiger partial charge < -0.3 is 5.73 Å². The zero-order valence-corrected chi connectivity index (χ0v) is 12.7. The molecule has 0 fully saturated rings. The summed E-state index contributed by atoms with van der Waals surface area (Å²) in [7, 11) is 0. The first-order chi connectivity index (χ1) is 8.47. The summed E-state index contributed by atoms with van der Waals surface area (Å²) in [5.74, 6) is 2.80. The fourth-order valence-corrected chi connectivity index (χ4v) is 3.47. The number of thiazole rings is 1. The number of anilines is 1. The number of rotatable bonds is 2. The van der Waals surface area contributed by atoms with Crippen molar-refractivity contribution in [1.29, 1.82) is 0 Å². The Balaban J connectivity index is 2.59. The standard InChI is InChI=1S/C13H10BrClN2S/c1-3-13(2,8-4-6-9(15)7-5-8)10-11(14)18-12(16)17-10/h1,4-7H,2H3,(H2,16,17). The van der Waals surface area contributed by atoms with E-state index < -0.39 is 5.41 Å². The Morgan fingerprint density at radius 1 is 1.44 bits per heavy atom. The number of hydrogen-bond donors (Lipinski definition) is 1. The van der Waals surface area contributed by atoms with Gasteiger partial charge in [-0.25, -0.2) is 4.98 Å². The van der Waals surface area contributed by atoms with Crippen LogP contribution < -0.4 is 5.73 Å². The summed E-state index contributed by atoms with van der Waals surface area (Å²) >= 11 is 10.7. The zero-order chi connectivity index (χ0) is 13.3. The molecule has 92 valence electrons. The van der Waals surface area contributed by atoms with Gasteiger partial charge in [0.15, 0.2) is 5.13 Å². The van der Waals surface area contributed by atoms with E-state index >= 15 is 0 Å². The molecule has 2 nitrogen and oxygen atoms in total. The van der Waals surface area contributed by atoms with Crippen molar-refractivity contribution in [2.75, 3.05) is 5.73 Å². The van der Waals surface area contributed by atoms with E-state index in [2.05, 4.69) is 26.8 Å². The van der Waals surface area contributed by atoms with Crippen molar-refractivity contribution in [2.45, 2.75) is 12.3 Å². The summed E-state index contributed by atoms with van der Waals surface area (Å²) in [6, 6.07) is 7.44. The minimum atomic E-state index is -0.627. The quantitative estimate of drug-likeness (QED) is 0.836. The number of terminal acetylenes is 1. The Bertz CT molecular complexity index is 615. The summed E-state index contributed by atoms with van der Waals surface area (Å²) in [5.41, 5.74) is 6.81. The molecule has 0 saturated carbocycles. The molecule has 5 heteroatoms. The Labute approximate surface area is 123 Å². The number of nitrogen functional groups attached to an aromatic ring is 1. The van der Waals surface area contributed by atoms with E-state index in [-0.39, 0.29) is 0 Å². The highest BCUT2D eigenvalue weighted by Gasteiger charge is 2.32. The number of benzene rings is 1. The Kier molecular flexibility index (Phi) is 3.67. The van der Waals surface area contributed by atoms with Gasteiger partial charge in [0.2, 0.25) is 0 Å². The normalized spacial score (nSPS) is 13.9. The van der Waals surface area contributed by atoms with Crippen molar-refractivity contribution in [3.8, 4) is 12.3 Å². The summed E-state index contributed by atoms with van der Waals surface area (Å²) in [6.07, 6.45) is 5.71. The van der Waals surface area contributed by atoms with E-state index in [4.69, 9.17) is 23.8 Å². The third kappa shape index (κ3) is 2.26. The van der Waals surface area contributed by atoms with E-state index in [9.17, 15) is 0 Å². The van der Waals surface area contributed by atoms with Crippen LogP contribution in [-0.4, -0.2) is 4.98 Å². The second-order valence-corrected chi connectivity index (χ2v) is 6.74. The van der Waals surface area contributed by atoms with Crippen molar-refractivity contribution in [2.24, 2.45) is 0 Å². The smallest absolute Gasteiger partial charge is 0.181 e. The van der Waals surface area contributed by atoms with Gasteiger partial charge in [-0.3, -0.25) is 0 Å². The number of hydrogen-bond acceptors (Lipinski definition) is 3. The highest BCUT2D eigenvalue weighted by molar-refractivity contribution is 9.11. The first-order valence-electron chi connectivity index (χ1n) is 5.13. The average Bonchev–Trinajstić information content (AvgIpc) is 2.69. The lowest BCUT2D eigenvalue weighted by molar-refractivity contribution is 0.725. The molecule has 0 saturated heterocycles. The molecule has 18 heavy (non-hydrogen) atoms. The van der Waals surface area contributed by atoms with Gasteiger partial charge >= 0.3 is 0 Å². The fourth-order valence-electron chi connectivity index (χ4n) is 1.70. The lowest BCUT2D eigenvalue weighted by atomic mass is 9.81. The summed E-state index contributed by atoms with van der Waals surface area (Å²) in [4.78, 5) is 4.33. The molecule has 0 amide bonds. The van der Waals surface area contributed by atoms with Gasteiger partial charge in [0.25, 0.3) is 0 Å². The van der Waals surface area contributed by atoms with Crippen molar-refractivity contribution in [3.63, 3.8) is 0 Å². The van der Waals surface area contributed by atoms with E-state index in [1.165, 1.54) is 11.3 Å². The van der Waals surface area contributed by atoms with Crippen molar-refractivity contribution in [1.82, 2.24) is 4.98 Å². The SMILES string of the molecule is C#CC(C)(c1ccc(Cl)cc1)c1nc(N)sc1Br. The first-order valence-corrected chi connectivity index (χ1v) is 7.12. The lowest BCUT2D eigenvalue weighted by Gasteiger charge is -2.22. The Morgan fingerprint density at radius 2 is 2.06 bits per heavy atom. The minimum absolute atomic E-state index is 0.493. The molecule has 2 rings (SSSR count). The van der Waals surface area contributed by atoms with Gasteiger partial charge in [-0.05, 0) is 40.5 Å². The summed E-state index contributed by atoms with van der Waals surface area (Å²) in [5, 5.41) is 1.17. The van der Waals surface area contributed by atoms with Gasteiger partial charge in [0, 0.05) is 5.02 Å². The van der Waals surface area contributed by atoms with E-state index in [1.807, 2.05) is 31.2 Å². The van der Waals surface area contributed by atoms with Crippen LogP contribution >= 0.6 is 38.9 Å². The van der Waals surface area contributed by atoms with Crippen molar-refractivity contribution >= 4 is 44.0 Å². The number of nitrogens with zero attached hydrogens (tertiary/aromatic N) is 1. The van der Waals surface area contributed by atoms with Crippen molar-refractivity contribution < 1.29 is 0 Å². The maximum absolute atomic E-state index is 5.89. The number of halogens is 2. The minimum Gasteiger partial charge on any atom is -0.375 e. The Morgan fingerprint density at radius 3 is 2.50 bits per heavy atom. The molecule has 0 aliphatic rings. The fraction of sp³-hybridized carbons (Fsp3) is 0.154. The number of aromatic nitrogens is 1. The van der Waals surface area contributed by atoms with Crippen LogP contribution in [0.3, 0.4) is 0 Å². The van der Waals surface area contributed by atoms with Crippen LogP contribution in [0, 0.1) is 12.3 Å². The third-order valence-electron chi connectivity index (χ3n) is 2.79. The largest absolute Gasteiger partial charge is 0.375 e. The maximum Gasteiger partial charge on any atom is 0.181 e. The molecule has 1 unspecified atom stereocenters.